The lowest BCUT2D eigenvalue weighted by Crippen LogP contribution is -2.26. The fourth-order valence-electron chi connectivity index (χ4n) is 1.47. The summed E-state index contributed by atoms with van der Waals surface area (Å²) in [6.45, 7) is 0. The summed E-state index contributed by atoms with van der Waals surface area (Å²) in [5.74, 6) is -2.09. The molecule has 0 heterocycles. The molecule has 0 saturated heterocycles. The minimum absolute atomic E-state index is 0.379. The maximum atomic E-state index is 13.4. The number of nitrogens with two attached hydrogens (primary N) is 1. The topological polar surface area (TPSA) is 83.6 Å². The van der Waals surface area contributed by atoms with E-state index in [0.29, 0.717) is 18.2 Å². The second kappa shape index (κ2) is 5.54. The van der Waals surface area contributed by atoms with E-state index in [2.05, 4.69) is 0 Å². The zero-order chi connectivity index (χ0) is 14.8. The predicted octanol–water partition coefficient (Wildman–Crippen LogP) is 1.11. The first-order valence-corrected chi connectivity index (χ1v) is 5.14. The third-order valence-electron chi connectivity index (χ3n) is 2.42. The van der Waals surface area contributed by atoms with Crippen molar-refractivity contribution >= 4 is 5.91 Å². The number of amides is 1. The van der Waals surface area contributed by atoms with Gasteiger partial charge in [-0.1, -0.05) is 0 Å². The monoisotopic (exact) mass is 281 g/mol. The van der Waals surface area contributed by atoms with E-state index in [1.165, 1.54) is 0 Å². The first-order valence-electron chi connectivity index (χ1n) is 5.14. The van der Waals surface area contributed by atoms with E-state index in [1.54, 1.807) is 0 Å². The number of primary amides is 1. The van der Waals surface area contributed by atoms with Gasteiger partial charge in [0.15, 0.2) is 0 Å². The molecule has 0 saturated carbocycles. The molecule has 0 aliphatic carbocycles. The van der Waals surface area contributed by atoms with Gasteiger partial charge in [-0.05, 0) is 18.2 Å². The molecule has 0 aliphatic rings. The molecule has 0 fully saturated rings. The number of aliphatic hydroxyl groups excluding tert-OH is 2. The lowest BCUT2D eigenvalue weighted by Gasteiger charge is -2.18. The van der Waals surface area contributed by atoms with Crippen LogP contribution in [0.3, 0.4) is 0 Å². The molecule has 19 heavy (non-hydrogen) atoms. The van der Waals surface area contributed by atoms with Crippen molar-refractivity contribution in [3.05, 3.63) is 35.1 Å². The standard InChI is InChI=1S/C11H11F4NO3/c12-7-2-1-5(11(13,14)15)3-6(7)10(19)8(17)4-9(16)18/h1-3,8,10,17,19H,4H2,(H2,16,18). The van der Waals surface area contributed by atoms with Gasteiger partial charge in [0.05, 0.1) is 18.1 Å². The summed E-state index contributed by atoms with van der Waals surface area (Å²) in [5.41, 5.74) is 2.84. The zero-order valence-electron chi connectivity index (χ0n) is 9.49. The molecule has 0 aromatic heterocycles. The highest BCUT2D eigenvalue weighted by molar-refractivity contribution is 5.74. The molecular formula is C11H11F4NO3. The van der Waals surface area contributed by atoms with Gasteiger partial charge >= 0.3 is 6.18 Å². The molecular weight excluding hydrogens is 270 g/mol. The summed E-state index contributed by atoms with van der Waals surface area (Å²) < 4.78 is 50.7. The number of aliphatic hydroxyl groups is 2. The van der Waals surface area contributed by atoms with Crippen molar-refractivity contribution in [2.24, 2.45) is 5.73 Å². The van der Waals surface area contributed by atoms with Crippen LogP contribution in [-0.4, -0.2) is 22.2 Å². The van der Waals surface area contributed by atoms with Crippen LogP contribution in [0.5, 0.6) is 0 Å². The van der Waals surface area contributed by atoms with Crippen LogP contribution in [0.25, 0.3) is 0 Å². The summed E-state index contributed by atoms with van der Waals surface area (Å²) in [6, 6.07) is 1.41. The largest absolute Gasteiger partial charge is 0.416 e. The van der Waals surface area contributed by atoms with Crippen LogP contribution in [-0.2, 0) is 11.0 Å². The number of hydrogen-bond acceptors (Lipinski definition) is 3. The Morgan fingerprint density at radius 3 is 2.37 bits per heavy atom. The van der Waals surface area contributed by atoms with Gasteiger partial charge in [0, 0.05) is 5.56 Å². The minimum Gasteiger partial charge on any atom is -0.390 e. The van der Waals surface area contributed by atoms with E-state index in [0.717, 1.165) is 0 Å². The average molecular weight is 281 g/mol. The Morgan fingerprint density at radius 2 is 1.89 bits per heavy atom. The summed E-state index contributed by atoms with van der Waals surface area (Å²) in [4.78, 5) is 10.5. The quantitative estimate of drug-likeness (QED) is 0.723. The number of carbonyl (C=O) groups excluding carboxylic acids is 1. The third-order valence-corrected chi connectivity index (χ3v) is 2.42. The van der Waals surface area contributed by atoms with Gasteiger partial charge in [0.1, 0.15) is 11.9 Å². The number of alkyl halides is 3. The smallest absolute Gasteiger partial charge is 0.390 e. The Kier molecular flexibility index (Phi) is 4.48. The SMILES string of the molecule is NC(=O)CC(O)C(O)c1cc(C(F)(F)F)ccc1F. The summed E-state index contributed by atoms with van der Waals surface area (Å²) in [5, 5.41) is 18.9. The Labute approximate surface area is 105 Å². The van der Waals surface area contributed by atoms with Gasteiger partial charge in [-0.25, -0.2) is 4.39 Å². The lowest BCUT2D eigenvalue weighted by molar-refractivity contribution is -0.137. The van der Waals surface area contributed by atoms with Gasteiger partial charge in [-0.15, -0.1) is 0 Å². The number of halogens is 4. The van der Waals surface area contributed by atoms with Crippen molar-refractivity contribution in [2.75, 3.05) is 0 Å². The Bertz CT molecular complexity index is 475. The number of carbonyl (C=O) groups is 1. The van der Waals surface area contributed by atoms with Crippen LogP contribution in [0, 0.1) is 5.82 Å². The lowest BCUT2D eigenvalue weighted by atomic mass is 9.99. The molecule has 106 valence electrons. The fraction of sp³-hybridized carbons (Fsp3) is 0.364. The summed E-state index contributed by atoms with van der Waals surface area (Å²) >= 11 is 0. The first-order chi connectivity index (χ1) is 8.62. The van der Waals surface area contributed by atoms with E-state index >= 15 is 0 Å². The first kappa shape index (κ1) is 15.4. The molecule has 1 aromatic carbocycles. The average Bonchev–Trinajstić information content (AvgIpc) is 2.26. The molecule has 0 bridgehead atoms. The Morgan fingerprint density at radius 1 is 1.32 bits per heavy atom. The highest BCUT2D eigenvalue weighted by Gasteiger charge is 2.33. The number of rotatable bonds is 4. The molecule has 8 heteroatoms. The van der Waals surface area contributed by atoms with Crippen LogP contribution in [0.1, 0.15) is 23.7 Å². The number of hydrogen-bond donors (Lipinski definition) is 3. The van der Waals surface area contributed by atoms with E-state index in [-0.39, 0.29) is 0 Å². The molecule has 1 amide bonds. The summed E-state index contributed by atoms with van der Waals surface area (Å²) in [7, 11) is 0. The van der Waals surface area contributed by atoms with Crippen molar-refractivity contribution in [3.63, 3.8) is 0 Å². The molecule has 1 aromatic rings. The van der Waals surface area contributed by atoms with E-state index in [1.807, 2.05) is 0 Å². The molecule has 4 nitrogen and oxygen atoms in total. The minimum atomic E-state index is -4.71. The molecule has 4 N–H and O–H groups in total. The maximum Gasteiger partial charge on any atom is 0.416 e. The van der Waals surface area contributed by atoms with Gasteiger partial charge in [0.25, 0.3) is 0 Å². The normalized spacial score (nSPS) is 15.1. The Hall–Kier alpha value is -1.67. The second-order valence-corrected chi connectivity index (χ2v) is 3.92. The van der Waals surface area contributed by atoms with Gasteiger partial charge in [-0.3, -0.25) is 4.79 Å². The highest BCUT2D eigenvalue weighted by atomic mass is 19.4. The van der Waals surface area contributed by atoms with Crippen LogP contribution in [0.15, 0.2) is 18.2 Å². The van der Waals surface area contributed by atoms with Crippen LogP contribution < -0.4 is 5.73 Å². The van der Waals surface area contributed by atoms with Crippen molar-refractivity contribution in [2.45, 2.75) is 24.8 Å². The molecule has 0 spiro atoms. The van der Waals surface area contributed by atoms with Crippen molar-refractivity contribution < 1.29 is 32.6 Å². The van der Waals surface area contributed by atoms with E-state index < -0.39 is 47.7 Å². The van der Waals surface area contributed by atoms with Crippen molar-refractivity contribution in [3.8, 4) is 0 Å². The van der Waals surface area contributed by atoms with Crippen LogP contribution in [0.4, 0.5) is 17.6 Å². The fourth-order valence-corrected chi connectivity index (χ4v) is 1.47. The molecule has 2 atom stereocenters. The van der Waals surface area contributed by atoms with Crippen LogP contribution in [0.2, 0.25) is 0 Å². The second-order valence-electron chi connectivity index (χ2n) is 3.92. The number of benzene rings is 1. The summed E-state index contributed by atoms with van der Waals surface area (Å²) in [6.07, 6.45) is -9.17. The van der Waals surface area contributed by atoms with Crippen LogP contribution >= 0.6 is 0 Å². The van der Waals surface area contributed by atoms with Gasteiger partial charge in [-0.2, -0.15) is 13.2 Å². The molecule has 0 aliphatic heterocycles. The van der Waals surface area contributed by atoms with Gasteiger partial charge < -0.3 is 15.9 Å². The van der Waals surface area contributed by atoms with E-state index in [4.69, 9.17) is 5.73 Å². The van der Waals surface area contributed by atoms with Crippen molar-refractivity contribution in [1.82, 2.24) is 0 Å². The Balaban J connectivity index is 3.08. The zero-order valence-corrected chi connectivity index (χ0v) is 9.49. The molecule has 0 radical (unpaired) electrons. The molecule has 1 rings (SSSR count). The van der Waals surface area contributed by atoms with Gasteiger partial charge in [0.2, 0.25) is 5.91 Å². The van der Waals surface area contributed by atoms with E-state index in [9.17, 15) is 32.6 Å². The molecule has 2 unspecified atom stereocenters. The third kappa shape index (κ3) is 3.90. The maximum absolute atomic E-state index is 13.4. The highest BCUT2D eigenvalue weighted by Crippen LogP contribution is 2.32. The van der Waals surface area contributed by atoms with Crippen molar-refractivity contribution in [1.29, 1.82) is 0 Å². The predicted molar refractivity (Wildman–Crippen MR) is 56.2 cm³/mol.